The summed E-state index contributed by atoms with van der Waals surface area (Å²) < 4.78 is 3.96. The topological polar surface area (TPSA) is 77.6 Å². The third kappa shape index (κ3) is 4.51. The van der Waals surface area contributed by atoms with E-state index in [9.17, 15) is 4.79 Å². The number of amides is 1. The van der Waals surface area contributed by atoms with Crippen molar-refractivity contribution < 1.29 is 4.79 Å². The molecule has 2 aromatic carbocycles. The highest BCUT2D eigenvalue weighted by Gasteiger charge is 2.25. The van der Waals surface area contributed by atoms with Gasteiger partial charge < -0.3 is 9.88 Å². The fraction of sp³-hybridized carbons (Fsp3) is 0.200. The van der Waals surface area contributed by atoms with E-state index in [0.717, 1.165) is 28.3 Å². The molecule has 0 aliphatic heterocycles. The number of benzene rings is 2. The third-order valence-electron chi connectivity index (χ3n) is 5.46. The molecule has 0 radical (unpaired) electrons. The lowest BCUT2D eigenvalue weighted by molar-refractivity contribution is -0.116. The number of nitrogens with one attached hydrogen (secondary N) is 1. The Bertz CT molecular complexity index is 1220. The van der Waals surface area contributed by atoms with Crippen molar-refractivity contribution in [3.63, 3.8) is 0 Å². The normalized spacial score (nSPS) is 13.5. The van der Waals surface area contributed by atoms with E-state index in [1.807, 2.05) is 77.6 Å². The summed E-state index contributed by atoms with van der Waals surface area (Å²) in [6.07, 6.45) is 10.1. The largest absolute Gasteiger partial charge is 0.352 e. The molecule has 1 saturated carbocycles. The van der Waals surface area contributed by atoms with Crippen LogP contribution < -0.4 is 5.32 Å². The van der Waals surface area contributed by atoms with Gasteiger partial charge in [0.05, 0.1) is 11.4 Å². The lowest BCUT2D eigenvalue weighted by Gasteiger charge is -2.05. The van der Waals surface area contributed by atoms with E-state index >= 15 is 0 Å². The molecular weight excluding hydrogens is 400 g/mol. The van der Waals surface area contributed by atoms with Gasteiger partial charge in [-0.2, -0.15) is 5.10 Å². The first-order chi connectivity index (χ1) is 15.8. The fourth-order valence-electron chi connectivity index (χ4n) is 3.67. The summed E-state index contributed by atoms with van der Waals surface area (Å²) in [6.45, 7) is 0.517. The van der Waals surface area contributed by atoms with Gasteiger partial charge in [0.25, 0.3) is 0 Å². The highest BCUT2D eigenvalue weighted by atomic mass is 16.1. The van der Waals surface area contributed by atoms with Crippen LogP contribution in [0.1, 0.15) is 30.3 Å². The smallest absolute Gasteiger partial charge is 0.244 e. The molecule has 0 unspecified atom stereocenters. The molecule has 0 saturated heterocycles. The predicted octanol–water partition coefficient (Wildman–Crippen LogP) is 3.84. The van der Waals surface area contributed by atoms with Crippen molar-refractivity contribution in [3.05, 3.63) is 90.7 Å². The molecule has 0 atom stereocenters. The van der Waals surface area contributed by atoms with Gasteiger partial charge in [-0.25, -0.2) is 4.68 Å². The molecule has 1 amide bonds. The SMILES string of the molecule is O=C(C=Cc1cn(-c2ccccc2)nc1-c1ccccc1)NCCc1nncn1C1CC1. The number of carbonyl (C=O) groups is 1. The minimum absolute atomic E-state index is 0.144. The summed E-state index contributed by atoms with van der Waals surface area (Å²) in [5.74, 6) is 0.779. The fourth-order valence-corrected chi connectivity index (χ4v) is 3.67. The zero-order valence-corrected chi connectivity index (χ0v) is 17.6. The van der Waals surface area contributed by atoms with Crippen molar-refractivity contribution in [2.75, 3.05) is 6.54 Å². The van der Waals surface area contributed by atoms with E-state index < -0.39 is 0 Å². The molecule has 4 aromatic rings. The van der Waals surface area contributed by atoms with Crippen LogP contribution in [0.25, 0.3) is 23.0 Å². The molecule has 1 aliphatic carbocycles. The van der Waals surface area contributed by atoms with Gasteiger partial charge in [0, 0.05) is 42.4 Å². The maximum atomic E-state index is 12.4. The van der Waals surface area contributed by atoms with E-state index in [1.54, 1.807) is 12.4 Å². The van der Waals surface area contributed by atoms with Crippen LogP contribution in [-0.4, -0.2) is 37.0 Å². The van der Waals surface area contributed by atoms with E-state index in [4.69, 9.17) is 5.10 Å². The minimum Gasteiger partial charge on any atom is -0.352 e. The molecule has 7 nitrogen and oxygen atoms in total. The van der Waals surface area contributed by atoms with Crippen molar-refractivity contribution in [1.82, 2.24) is 29.9 Å². The molecule has 160 valence electrons. The van der Waals surface area contributed by atoms with E-state index in [-0.39, 0.29) is 5.91 Å². The van der Waals surface area contributed by atoms with Crippen molar-refractivity contribution in [2.24, 2.45) is 0 Å². The van der Waals surface area contributed by atoms with Crippen molar-refractivity contribution in [1.29, 1.82) is 0 Å². The second-order valence-corrected chi connectivity index (χ2v) is 7.84. The Balaban J connectivity index is 1.29. The summed E-state index contributed by atoms with van der Waals surface area (Å²) in [7, 11) is 0. The number of nitrogens with zero attached hydrogens (tertiary/aromatic N) is 5. The summed E-state index contributed by atoms with van der Waals surface area (Å²) in [6, 6.07) is 20.5. The zero-order valence-electron chi connectivity index (χ0n) is 17.6. The van der Waals surface area contributed by atoms with E-state index in [0.29, 0.717) is 19.0 Å². The number of hydrogen-bond acceptors (Lipinski definition) is 4. The average molecular weight is 425 g/mol. The first kappa shape index (κ1) is 19.9. The Morgan fingerprint density at radius 1 is 1.06 bits per heavy atom. The maximum Gasteiger partial charge on any atom is 0.244 e. The highest BCUT2D eigenvalue weighted by Crippen LogP contribution is 2.35. The predicted molar refractivity (Wildman–Crippen MR) is 123 cm³/mol. The Labute approximate surface area is 186 Å². The Morgan fingerprint density at radius 3 is 2.56 bits per heavy atom. The number of aromatic nitrogens is 5. The molecule has 0 spiro atoms. The molecule has 1 N–H and O–H groups in total. The molecule has 7 heteroatoms. The highest BCUT2D eigenvalue weighted by molar-refractivity contribution is 5.92. The van der Waals surface area contributed by atoms with Crippen LogP contribution in [0, 0.1) is 0 Å². The van der Waals surface area contributed by atoms with Crippen molar-refractivity contribution in [2.45, 2.75) is 25.3 Å². The summed E-state index contributed by atoms with van der Waals surface area (Å²) in [4.78, 5) is 12.4. The summed E-state index contributed by atoms with van der Waals surface area (Å²) >= 11 is 0. The van der Waals surface area contributed by atoms with Crippen LogP contribution in [0.15, 0.2) is 79.3 Å². The average Bonchev–Trinajstić information content (AvgIpc) is 3.41. The van der Waals surface area contributed by atoms with Crippen LogP contribution in [0.4, 0.5) is 0 Å². The lowest BCUT2D eigenvalue weighted by Crippen LogP contribution is -2.24. The second kappa shape index (κ2) is 9.01. The van der Waals surface area contributed by atoms with Crippen LogP contribution >= 0.6 is 0 Å². The van der Waals surface area contributed by atoms with Crippen LogP contribution in [-0.2, 0) is 11.2 Å². The van der Waals surface area contributed by atoms with E-state index in [1.165, 1.54) is 12.8 Å². The molecule has 1 fully saturated rings. The van der Waals surface area contributed by atoms with Gasteiger partial charge in [-0.15, -0.1) is 10.2 Å². The van der Waals surface area contributed by atoms with Gasteiger partial charge in [-0.3, -0.25) is 4.79 Å². The van der Waals surface area contributed by atoms with Crippen LogP contribution in [0.3, 0.4) is 0 Å². The van der Waals surface area contributed by atoms with Crippen LogP contribution in [0.2, 0.25) is 0 Å². The molecule has 1 aliphatic rings. The van der Waals surface area contributed by atoms with Gasteiger partial charge in [0.2, 0.25) is 5.91 Å². The van der Waals surface area contributed by atoms with Gasteiger partial charge in [-0.05, 0) is 31.1 Å². The van der Waals surface area contributed by atoms with E-state index in [2.05, 4.69) is 20.1 Å². The minimum atomic E-state index is -0.144. The molecule has 5 rings (SSSR count). The zero-order chi connectivity index (χ0) is 21.8. The van der Waals surface area contributed by atoms with Crippen LogP contribution in [0.5, 0.6) is 0 Å². The standard InChI is InChI=1S/C25H24N6O/c32-24(26-16-15-23-28-27-18-30(23)21-12-13-21)14-11-20-17-31(22-9-5-2-6-10-22)29-25(20)19-7-3-1-4-8-19/h1-11,14,17-18,21H,12-13,15-16H2,(H,26,32). The maximum absolute atomic E-state index is 12.4. The monoisotopic (exact) mass is 424 g/mol. The lowest BCUT2D eigenvalue weighted by atomic mass is 10.1. The van der Waals surface area contributed by atoms with Crippen molar-refractivity contribution >= 4 is 12.0 Å². The molecule has 2 aromatic heterocycles. The Hall–Kier alpha value is -4.00. The molecular formula is C25H24N6O. The molecule has 2 heterocycles. The third-order valence-corrected chi connectivity index (χ3v) is 5.46. The van der Waals surface area contributed by atoms with Gasteiger partial charge in [-0.1, -0.05) is 48.5 Å². The molecule has 32 heavy (non-hydrogen) atoms. The quantitative estimate of drug-likeness (QED) is 0.436. The number of carbonyl (C=O) groups excluding carboxylic acids is 1. The second-order valence-electron chi connectivity index (χ2n) is 7.84. The van der Waals surface area contributed by atoms with Gasteiger partial charge in [0.1, 0.15) is 12.2 Å². The Morgan fingerprint density at radius 2 is 1.81 bits per heavy atom. The first-order valence-corrected chi connectivity index (χ1v) is 10.8. The van der Waals surface area contributed by atoms with Crippen molar-refractivity contribution in [3.8, 4) is 16.9 Å². The van der Waals surface area contributed by atoms with Gasteiger partial charge in [0.15, 0.2) is 0 Å². The number of para-hydroxylation sites is 1. The number of hydrogen-bond donors (Lipinski definition) is 1. The Kier molecular flexibility index (Phi) is 5.61. The molecule has 0 bridgehead atoms. The van der Waals surface area contributed by atoms with Gasteiger partial charge >= 0.3 is 0 Å². The first-order valence-electron chi connectivity index (χ1n) is 10.8. The summed E-state index contributed by atoms with van der Waals surface area (Å²) in [5.41, 5.74) is 3.68. The summed E-state index contributed by atoms with van der Waals surface area (Å²) in [5, 5.41) is 15.9. The number of rotatable bonds is 8.